The van der Waals surface area contributed by atoms with Crippen LogP contribution in [-0.4, -0.2) is 12.4 Å². The van der Waals surface area contributed by atoms with Crippen molar-refractivity contribution in [2.75, 3.05) is 6.61 Å². The molecular weight excluding hydrogens is 330 g/mol. The maximum absolute atomic E-state index is 13.9. The Hall–Kier alpha value is -1.75. The molecular formula is C15H9BrF2O2. The van der Waals surface area contributed by atoms with Gasteiger partial charge in [-0.05, 0) is 23.8 Å². The Kier molecular flexibility index (Phi) is 3.30. The molecule has 1 heterocycles. The second kappa shape index (κ2) is 4.98. The summed E-state index contributed by atoms with van der Waals surface area (Å²) in [5.41, 5.74) is 0.519. The molecule has 0 saturated carbocycles. The van der Waals surface area contributed by atoms with Gasteiger partial charge in [0.15, 0.2) is 0 Å². The molecule has 1 aliphatic rings. The molecule has 0 unspecified atom stereocenters. The highest BCUT2D eigenvalue weighted by Gasteiger charge is 2.25. The predicted octanol–water partition coefficient (Wildman–Crippen LogP) is 3.89. The molecule has 0 fully saturated rings. The summed E-state index contributed by atoms with van der Waals surface area (Å²) in [5, 5.41) is 0. The zero-order chi connectivity index (χ0) is 14.3. The van der Waals surface area contributed by atoms with Gasteiger partial charge >= 0.3 is 0 Å². The van der Waals surface area contributed by atoms with E-state index in [1.807, 2.05) is 6.07 Å². The Labute approximate surface area is 122 Å². The van der Waals surface area contributed by atoms with Crippen molar-refractivity contribution in [1.82, 2.24) is 0 Å². The minimum atomic E-state index is -0.891. The van der Waals surface area contributed by atoms with E-state index in [1.165, 1.54) is 6.07 Å². The van der Waals surface area contributed by atoms with Crippen LogP contribution in [0, 0.1) is 11.6 Å². The first-order chi connectivity index (χ1) is 9.58. The minimum Gasteiger partial charge on any atom is -0.492 e. The quantitative estimate of drug-likeness (QED) is 0.776. The van der Waals surface area contributed by atoms with Crippen LogP contribution in [0.15, 0.2) is 34.8 Å². The van der Waals surface area contributed by atoms with Crippen molar-refractivity contribution >= 4 is 21.7 Å². The van der Waals surface area contributed by atoms with E-state index in [0.717, 1.165) is 17.7 Å². The fraction of sp³-hybridized carbons (Fsp3) is 0.133. The van der Waals surface area contributed by atoms with Crippen LogP contribution in [0.4, 0.5) is 8.78 Å². The molecule has 0 aromatic heterocycles. The van der Waals surface area contributed by atoms with Crippen LogP contribution in [0.2, 0.25) is 0 Å². The van der Waals surface area contributed by atoms with Crippen LogP contribution in [-0.2, 0) is 6.42 Å². The Morgan fingerprint density at radius 2 is 1.90 bits per heavy atom. The monoisotopic (exact) mass is 338 g/mol. The van der Waals surface area contributed by atoms with Crippen LogP contribution in [0.5, 0.6) is 5.75 Å². The second-order valence-corrected chi connectivity index (χ2v) is 5.38. The first kappa shape index (κ1) is 13.2. The van der Waals surface area contributed by atoms with E-state index in [-0.39, 0.29) is 10.0 Å². The van der Waals surface area contributed by atoms with E-state index in [1.54, 1.807) is 6.07 Å². The summed E-state index contributed by atoms with van der Waals surface area (Å²) in [4.78, 5) is 12.4. The first-order valence-corrected chi connectivity index (χ1v) is 6.81. The Morgan fingerprint density at radius 1 is 1.20 bits per heavy atom. The Morgan fingerprint density at radius 3 is 2.60 bits per heavy atom. The SMILES string of the molecule is O=C(c1cccc2c1OCC2)c1c(F)cc(Br)cc1F. The van der Waals surface area contributed by atoms with Gasteiger partial charge in [-0.15, -0.1) is 0 Å². The normalized spacial score (nSPS) is 12.9. The number of hydrogen-bond donors (Lipinski definition) is 0. The van der Waals surface area contributed by atoms with Crippen molar-refractivity contribution in [2.45, 2.75) is 6.42 Å². The highest BCUT2D eigenvalue weighted by Crippen LogP contribution is 2.32. The molecule has 0 spiro atoms. The molecule has 0 saturated heterocycles. The van der Waals surface area contributed by atoms with Gasteiger partial charge in [0.25, 0.3) is 0 Å². The lowest BCUT2D eigenvalue weighted by Crippen LogP contribution is -2.09. The zero-order valence-corrected chi connectivity index (χ0v) is 11.8. The summed E-state index contributed by atoms with van der Waals surface area (Å²) >= 11 is 2.99. The molecule has 5 heteroatoms. The lowest BCUT2D eigenvalue weighted by Gasteiger charge is -2.09. The summed E-state index contributed by atoms with van der Waals surface area (Å²) in [5.74, 6) is -2.06. The van der Waals surface area contributed by atoms with Crippen LogP contribution in [0.1, 0.15) is 21.5 Å². The summed E-state index contributed by atoms with van der Waals surface area (Å²) in [6.07, 6.45) is 0.696. The van der Waals surface area contributed by atoms with Crippen LogP contribution in [0.25, 0.3) is 0 Å². The van der Waals surface area contributed by atoms with Crippen LogP contribution >= 0.6 is 15.9 Å². The number of rotatable bonds is 2. The third kappa shape index (κ3) is 2.12. The van der Waals surface area contributed by atoms with E-state index >= 15 is 0 Å². The number of ketones is 1. The van der Waals surface area contributed by atoms with Gasteiger partial charge in [0.05, 0.1) is 17.7 Å². The van der Waals surface area contributed by atoms with Crippen molar-refractivity contribution < 1.29 is 18.3 Å². The number of hydrogen-bond acceptors (Lipinski definition) is 2. The molecule has 2 aromatic rings. The largest absolute Gasteiger partial charge is 0.492 e. The predicted molar refractivity (Wildman–Crippen MR) is 73.1 cm³/mol. The van der Waals surface area contributed by atoms with Crippen molar-refractivity contribution in [3.05, 3.63) is 63.1 Å². The molecule has 0 N–H and O–H groups in total. The van der Waals surface area contributed by atoms with Gasteiger partial charge in [0.1, 0.15) is 17.4 Å². The van der Waals surface area contributed by atoms with Crippen LogP contribution < -0.4 is 4.74 Å². The van der Waals surface area contributed by atoms with Crippen molar-refractivity contribution in [3.8, 4) is 5.75 Å². The molecule has 0 atom stereocenters. The standard InChI is InChI=1S/C15H9BrF2O2/c16-9-6-11(17)13(12(18)7-9)14(19)10-3-1-2-8-4-5-20-15(8)10/h1-3,6-7H,4-5H2. The Bertz CT molecular complexity index is 690. The molecule has 2 nitrogen and oxygen atoms in total. The average molecular weight is 339 g/mol. The molecule has 3 rings (SSSR count). The van der Waals surface area contributed by atoms with Crippen molar-refractivity contribution in [3.63, 3.8) is 0 Å². The third-order valence-electron chi connectivity index (χ3n) is 3.19. The number of halogens is 3. The molecule has 102 valence electrons. The number of ether oxygens (including phenoxy) is 1. The number of fused-ring (bicyclic) bond motifs is 1. The minimum absolute atomic E-state index is 0.195. The maximum atomic E-state index is 13.9. The van der Waals surface area contributed by atoms with Gasteiger partial charge in [-0.2, -0.15) is 0 Å². The smallest absolute Gasteiger partial charge is 0.202 e. The Balaban J connectivity index is 2.13. The highest BCUT2D eigenvalue weighted by molar-refractivity contribution is 9.10. The summed E-state index contributed by atoms with van der Waals surface area (Å²) in [6.45, 7) is 0.477. The first-order valence-electron chi connectivity index (χ1n) is 6.02. The van der Waals surface area contributed by atoms with Gasteiger partial charge in [-0.1, -0.05) is 28.1 Å². The van der Waals surface area contributed by atoms with Gasteiger partial charge in [-0.25, -0.2) is 8.78 Å². The molecule has 0 amide bonds. The molecule has 1 aliphatic heterocycles. The highest BCUT2D eigenvalue weighted by atomic mass is 79.9. The molecule has 0 aliphatic carbocycles. The van der Waals surface area contributed by atoms with Crippen molar-refractivity contribution in [2.24, 2.45) is 0 Å². The fourth-order valence-corrected chi connectivity index (χ4v) is 2.69. The van der Waals surface area contributed by atoms with E-state index in [0.29, 0.717) is 18.8 Å². The average Bonchev–Trinajstić information content (AvgIpc) is 2.85. The van der Waals surface area contributed by atoms with Gasteiger partial charge in [0, 0.05) is 10.9 Å². The second-order valence-electron chi connectivity index (χ2n) is 4.47. The lowest BCUT2D eigenvalue weighted by atomic mass is 9.99. The summed E-state index contributed by atoms with van der Waals surface area (Å²) in [6, 6.07) is 7.19. The summed E-state index contributed by atoms with van der Waals surface area (Å²) in [7, 11) is 0. The van der Waals surface area contributed by atoms with Gasteiger partial charge < -0.3 is 4.74 Å². The third-order valence-corrected chi connectivity index (χ3v) is 3.65. The maximum Gasteiger partial charge on any atom is 0.202 e. The molecule has 20 heavy (non-hydrogen) atoms. The van der Waals surface area contributed by atoms with E-state index in [9.17, 15) is 13.6 Å². The number of carbonyl (C=O) groups excluding carboxylic acids is 1. The lowest BCUT2D eigenvalue weighted by molar-refractivity contribution is 0.102. The number of carbonyl (C=O) groups is 1. The fourth-order valence-electron chi connectivity index (χ4n) is 2.29. The number of para-hydroxylation sites is 1. The van der Waals surface area contributed by atoms with Crippen LogP contribution in [0.3, 0.4) is 0 Å². The summed E-state index contributed by atoms with van der Waals surface area (Å²) < 4.78 is 33.4. The van der Waals surface area contributed by atoms with E-state index in [2.05, 4.69) is 15.9 Å². The van der Waals surface area contributed by atoms with Gasteiger partial charge in [0.2, 0.25) is 5.78 Å². The topological polar surface area (TPSA) is 26.3 Å². The van der Waals surface area contributed by atoms with E-state index in [4.69, 9.17) is 4.74 Å². The zero-order valence-electron chi connectivity index (χ0n) is 10.3. The van der Waals surface area contributed by atoms with Crippen molar-refractivity contribution in [1.29, 1.82) is 0 Å². The molecule has 0 bridgehead atoms. The van der Waals surface area contributed by atoms with Gasteiger partial charge in [-0.3, -0.25) is 4.79 Å². The van der Waals surface area contributed by atoms with E-state index < -0.39 is 23.0 Å². The molecule has 0 radical (unpaired) electrons. The number of benzene rings is 2. The molecule has 2 aromatic carbocycles.